The maximum atomic E-state index is 2.48. The molecule has 10 aromatic carbocycles. The Kier molecular flexibility index (Phi) is 5.20. The van der Waals surface area contributed by atoms with Crippen molar-refractivity contribution in [3.8, 4) is 44.5 Å². The lowest BCUT2D eigenvalue weighted by Gasteiger charge is -2.25. The van der Waals surface area contributed by atoms with Gasteiger partial charge in [0.1, 0.15) is 0 Å². The Morgan fingerprint density at radius 2 is 0.438 bits per heavy atom. The van der Waals surface area contributed by atoms with Crippen LogP contribution in [-0.4, -0.2) is 0 Å². The SMILES string of the molecule is c1ccc2c(c1)-c1cc3ccc4ccccc4c3cc1-c1cc3ccc4ccccc4c3cc1-c1cc3ccc4ccccc4c3cc1-2. The lowest BCUT2D eigenvalue weighted by Crippen LogP contribution is -1.98. The molecule has 0 heteroatoms. The van der Waals surface area contributed by atoms with Crippen LogP contribution in [0.5, 0.6) is 0 Å². The first-order valence-corrected chi connectivity index (χ1v) is 16.8. The molecule has 0 spiro atoms. The summed E-state index contributed by atoms with van der Waals surface area (Å²) in [6.45, 7) is 0. The maximum absolute atomic E-state index is 2.48. The van der Waals surface area contributed by atoms with Gasteiger partial charge in [-0.1, -0.05) is 133 Å². The van der Waals surface area contributed by atoms with Gasteiger partial charge in [0.05, 0.1) is 0 Å². The molecule has 0 radical (unpaired) electrons. The molecular weight excluding hydrogens is 577 g/mol. The summed E-state index contributed by atoms with van der Waals surface area (Å²) in [4.78, 5) is 0. The van der Waals surface area contributed by atoms with Gasteiger partial charge >= 0.3 is 0 Å². The summed E-state index contributed by atoms with van der Waals surface area (Å²) in [6, 6.07) is 63.8. The Balaban J connectivity index is 1.36. The van der Waals surface area contributed by atoms with Gasteiger partial charge in [0, 0.05) is 0 Å². The van der Waals surface area contributed by atoms with Crippen LogP contribution in [0.1, 0.15) is 0 Å². The molecule has 1 aliphatic rings. The highest BCUT2D eigenvalue weighted by atomic mass is 14.3. The van der Waals surface area contributed by atoms with Gasteiger partial charge in [0.15, 0.2) is 0 Å². The number of fused-ring (bicyclic) bond motifs is 17. The third kappa shape index (κ3) is 3.60. The predicted molar refractivity (Wildman–Crippen MR) is 207 cm³/mol. The Labute approximate surface area is 278 Å². The molecule has 0 heterocycles. The second-order valence-electron chi connectivity index (χ2n) is 13.3. The number of benzene rings is 10. The fourth-order valence-electron chi connectivity index (χ4n) is 8.45. The minimum atomic E-state index is 1.26. The van der Waals surface area contributed by atoms with Gasteiger partial charge in [-0.2, -0.15) is 0 Å². The van der Waals surface area contributed by atoms with Crippen LogP contribution in [0, 0.1) is 0 Å². The average molecular weight is 605 g/mol. The minimum absolute atomic E-state index is 1.26. The number of hydrogen-bond acceptors (Lipinski definition) is 0. The van der Waals surface area contributed by atoms with E-state index in [-0.39, 0.29) is 0 Å². The van der Waals surface area contributed by atoms with E-state index in [0.717, 1.165) is 0 Å². The highest BCUT2D eigenvalue weighted by Crippen LogP contribution is 2.51. The highest BCUT2D eigenvalue weighted by Gasteiger charge is 2.24. The predicted octanol–water partition coefficient (Wildman–Crippen LogP) is 13.6. The Hall–Kier alpha value is -6.24. The molecule has 0 fully saturated rings. The van der Waals surface area contributed by atoms with E-state index in [1.165, 1.54) is 109 Å². The van der Waals surface area contributed by atoms with Gasteiger partial charge in [0.25, 0.3) is 0 Å². The molecule has 0 N–H and O–H groups in total. The molecule has 220 valence electrons. The summed E-state index contributed by atoms with van der Waals surface area (Å²) in [5.74, 6) is 0. The van der Waals surface area contributed by atoms with E-state index in [9.17, 15) is 0 Å². The molecular formula is C48H28. The van der Waals surface area contributed by atoms with Crippen molar-refractivity contribution in [1.29, 1.82) is 0 Å². The molecule has 0 saturated carbocycles. The molecule has 11 rings (SSSR count). The molecule has 0 atom stereocenters. The lowest BCUT2D eigenvalue weighted by atomic mass is 9.78. The molecule has 0 unspecified atom stereocenters. The van der Waals surface area contributed by atoms with E-state index in [1.54, 1.807) is 0 Å². The maximum Gasteiger partial charge on any atom is -0.00921 e. The molecule has 48 heavy (non-hydrogen) atoms. The summed E-state index contributed by atoms with van der Waals surface area (Å²) in [5, 5.41) is 15.3. The molecule has 0 bridgehead atoms. The van der Waals surface area contributed by atoms with Crippen molar-refractivity contribution < 1.29 is 0 Å². The lowest BCUT2D eigenvalue weighted by molar-refractivity contribution is 1.56. The van der Waals surface area contributed by atoms with Crippen molar-refractivity contribution in [1.82, 2.24) is 0 Å². The van der Waals surface area contributed by atoms with Crippen LogP contribution in [0.15, 0.2) is 170 Å². The topological polar surface area (TPSA) is 0 Å². The van der Waals surface area contributed by atoms with Crippen LogP contribution in [0.25, 0.3) is 109 Å². The van der Waals surface area contributed by atoms with Crippen LogP contribution < -0.4 is 0 Å². The van der Waals surface area contributed by atoms with Gasteiger partial charge in [-0.15, -0.1) is 0 Å². The quantitative estimate of drug-likeness (QED) is 0.151. The second kappa shape index (κ2) is 9.64. The minimum Gasteiger partial charge on any atom is -0.0616 e. The van der Waals surface area contributed by atoms with Crippen LogP contribution in [0.3, 0.4) is 0 Å². The Morgan fingerprint density at radius 3 is 0.833 bits per heavy atom. The average Bonchev–Trinajstić information content (AvgIpc) is 3.15. The summed E-state index contributed by atoms with van der Waals surface area (Å²) in [5.41, 5.74) is 10.2. The first-order chi connectivity index (χ1) is 23.8. The van der Waals surface area contributed by atoms with Crippen LogP contribution in [0.4, 0.5) is 0 Å². The van der Waals surface area contributed by atoms with Crippen molar-refractivity contribution in [2.45, 2.75) is 0 Å². The first-order valence-electron chi connectivity index (χ1n) is 16.8. The fourth-order valence-corrected chi connectivity index (χ4v) is 8.45. The number of rotatable bonds is 0. The summed E-state index contributed by atoms with van der Waals surface area (Å²) in [6.07, 6.45) is 0. The van der Waals surface area contributed by atoms with E-state index < -0.39 is 0 Å². The monoisotopic (exact) mass is 604 g/mol. The van der Waals surface area contributed by atoms with Crippen molar-refractivity contribution >= 4 is 64.6 Å². The zero-order chi connectivity index (χ0) is 31.3. The van der Waals surface area contributed by atoms with E-state index in [2.05, 4.69) is 170 Å². The van der Waals surface area contributed by atoms with E-state index >= 15 is 0 Å². The zero-order valence-electron chi connectivity index (χ0n) is 26.2. The van der Waals surface area contributed by atoms with Gasteiger partial charge < -0.3 is 0 Å². The Bertz CT molecular complexity index is 3000. The van der Waals surface area contributed by atoms with Gasteiger partial charge in [-0.3, -0.25) is 0 Å². The molecule has 0 aromatic heterocycles. The van der Waals surface area contributed by atoms with Crippen molar-refractivity contribution in [2.75, 3.05) is 0 Å². The van der Waals surface area contributed by atoms with Crippen molar-refractivity contribution in [2.24, 2.45) is 0 Å². The van der Waals surface area contributed by atoms with E-state index in [1.807, 2.05) is 0 Å². The second-order valence-corrected chi connectivity index (χ2v) is 13.3. The smallest absolute Gasteiger partial charge is 0.00921 e. The molecule has 10 aromatic rings. The first kappa shape index (κ1) is 25.9. The van der Waals surface area contributed by atoms with Crippen LogP contribution in [0.2, 0.25) is 0 Å². The van der Waals surface area contributed by atoms with Crippen molar-refractivity contribution in [3.05, 3.63) is 170 Å². The largest absolute Gasteiger partial charge is 0.0616 e. The van der Waals surface area contributed by atoms with Crippen molar-refractivity contribution in [3.63, 3.8) is 0 Å². The molecule has 0 aliphatic heterocycles. The third-order valence-corrected chi connectivity index (χ3v) is 10.7. The molecule has 0 amide bonds. The fraction of sp³-hybridized carbons (Fsp3) is 0. The van der Waals surface area contributed by atoms with E-state index in [0.29, 0.717) is 0 Å². The molecule has 1 aliphatic carbocycles. The van der Waals surface area contributed by atoms with Crippen LogP contribution in [-0.2, 0) is 0 Å². The van der Waals surface area contributed by atoms with Crippen LogP contribution >= 0.6 is 0 Å². The Morgan fingerprint density at radius 1 is 0.167 bits per heavy atom. The summed E-state index contributed by atoms with van der Waals surface area (Å²) >= 11 is 0. The van der Waals surface area contributed by atoms with Gasteiger partial charge in [-0.05, 0) is 146 Å². The summed E-state index contributed by atoms with van der Waals surface area (Å²) < 4.78 is 0. The summed E-state index contributed by atoms with van der Waals surface area (Å²) in [7, 11) is 0. The number of hydrogen-bond donors (Lipinski definition) is 0. The normalized spacial score (nSPS) is 12.2. The third-order valence-electron chi connectivity index (χ3n) is 10.7. The van der Waals surface area contributed by atoms with Gasteiger partial charge in [-0.25, -0.2) is 0 Å². The van der Waals surface area contributed by atoms with Gasteiger partial charge in [0.2, 0.25) is 0 Å². The zero-order valence-corrected chi connectivity index (χ0v) is 26.2. The van der Waals surface area contributed by atoms with E-state index in [4.69, 9.17) is 0 Å². The molecule has 0 nitrogen and oxygen atoms in total. The molecule has 0 saturated heterocycles. The highest BCUT2D eigenvalue weighted by molar-refractivity contribution is 6.19. The standard InChI is InChI=1S/C48H28/c1-4-12-35-29(9-1)18-21-33-24-44-46(26-40(33)35)39-16-8-7-15-38(39)43-23-32-20-17-30-10-2-5-13-36(30)41(32)27-47(43)45-25-34-22-19-31-11-3-6-14-37(31)42(34)28-48(44)45/h1-28H.